The monoisotopic (exact) mass is 299 g/mol. The van der Waals surface area contributed by atoms with E-state index >= 15 is 0 Å². The van der Waals surface area contributed by atoms with Crippen LogP contribution in [0.15, 0.2) is 48.7 Å². The van der Waals surface area contributed by atoms with Crippen molar-refractivity contribution in [2.24, 2.45) is 0 Å². The molecule has 0 atom stereocenters. The summed E-state index contributed by atoms with van der Waals surface area (Å²) in [5.41, 5.74) is 1.57. The van der Waals surface area contributed by atoms with Crippen LogP contribution >= 0.6 is 0 Å². The van der Waals surface area contributed by atoms with Gasteiger partial charge in [0.15, 0.2) is 0 Å². The number of carbonyl (C=O) groups excluding carboxylic acids is 2. The number of benzene rings is 1. The van der Waals surface area contributed by atoms with Crippen molar-refractivity contribution in [3.8, 4) is 5.75 Å². The first-order valence-corrected chi connectivity index (χ1v) is 6.78. The minimum absolute atomic E-state index is 0.218. The highest BCUT2D eigenvalue weighted by atomic mass is 16.5. The van der Waals surface area contributed by atoms with E-state index < -0.39 is 11.8 Å². The standard InChI is InChI=1S/C16H17N3O3/c1-22-14-7-5-12(6-8-14)10-18-15(20)16(21)19-11-13-4-2-3-9-17-13/h2-9H,10-11H2,1H3,(H,18,20)(H,19,21). The summed E-state index contributed by atoms with van der Waals surface area (Å²) in [5.74, 6) is -0.617. The predicted octanol–water partition coefficient (Wildman–Crippen LogP) is 1.02. The van der Waals surface area contributed by atoms with Crippen LogP contribution in [0, 0.1) is 0 Å². The number of aromatic nitrogens is 1. The molecule has 1 aromatic heterocycles. The normalized spacial score (nSPS) is 9.86. The van der Waals surface area contributed by atoms with Crippen LogP contribution < -0.4 is 15.4 Å². The molecule has 2 amide bonds. The van der Waals surface area contributed by atoms with Crippen LogP contribution in [-0.2, 0) is 22.7 Å². The Morgan fingerprint density at radius 2 is 1.68 bits per heavy atom. The Morgan fingerprint density at radius 3 is 2.27 bits per heavy atom. The average Bonchev–Trinajstić information content (AvgIpc) is 2.58. The molecule has 0 fully saturated rings. The van der Waals surface area contributed by atoms with Gasteiger partial charge in [0.2, 0.25) is 0 Å². The molecule has 2 aromatic rings. The maximum atomic E-state index is 11.7. The topological polar surface area (TPSA) is 80.3 Å². The van der Waals surface area contributed by atoms with Crippen molar-refractivity contribution < 1.29 is 14.3 Å². The predicted molar refractivity (Wildman–Crippen MR) is 80.9 cm³/mol. The first-order valence-electron chi connectivity index (χ1n) is 6.78. The lowest BCUT2D eigenvalue weighted by molar-refractivity contribution is -0.139. The van der Waals surface area contributed by atoms with Gasteiger partial charge in [-0.3, -0.25) is 14.6 Å². The van der Waals surface area contributed by atoms with Gasteiger partial charge in [0.25, 0.3) is 0 Å². The molecule has 0 aliphatic carbocycles. The molecule has 0 bridgehead atoms. The molecule has 0 radical (unpaired) electrons. The van der Waals surface area contributed by atoms with Gasteiger partial charge in [-0.05, 0) is 29.8 Å². The lowest BCUT2D eigenvalue weighted by atomic mass is 10.2. The number of hydrogen-bond acceptors (Lipinski definition) is 4. The van der Waals surface area contributed by atoms with E-state index in [1.807, 2.05) is 18.2 Å². The Labute approximate surface area is 128 Å². The van der Waals surface area contributed by atoms with E-state index in [1.54, 1.807) is 37.6 Å². The van der Waals surface area contributed by atoms with Crippen LogP contribution in [0.1, 0.15) is 11.3 Å². The number of carbonyl (C=O) groups is 2. The lowest BCUT2D eigenvalue weighted by Gasteiger charge is -2.07. The van der Waals surface area contributed by atoms with Gasteiger partial charge >= 0.3 is 11.8 Å². The summed E-state index contributed by atoms with van der Waals surface area (Å²) in [6.45, 7) is 0.495. The number of rotatable bonds is 5. The minimum atomic E-state index is -0.681. The minimum Gasteiger partial charge on any atom is -0.497 e. The summed E-state index contributed by atoms with van der Waals surface area (Å²) >= 11 is 0. The first-order chi connectivity index (χ1) is 10.7. The smallest absolute Gasteiger partial charge is 0.309 e. The summed E-state index contributed by atoms with van der Waals surface area (Å²) in [5, 5.41) is 5.08. The van der Waals surface area contributed by atoms with Gasteiger partial charge in [-0.2, -0.15) is 0 Å². The quantitative estimate of drug-likeness (QED) is 0.808. The maximum absolute atomic E-state index is 11.7. The van der Waals surface area contributed by atoms with Crippen LogP contribution in [0.2, 0.25) is 0 Å². The van der Waals surface area contributed by atoms with E-state index in [9.17, 15) is 9.59 Å². The zero-order chi connectivity index (χ0) is 15.8. The zero-order valence-electron chi connectivity index (χ0n) is 12.2. The van der Waals surface area contributed by atoms with Crippen LogP contribution in [0.25, 0.3) is 0 Å². The Balaban J connectivity index is 1.77. The van der Waals surface area contributed by atoms with Gasteiger partial charge in [0.05, 0.1) is 19.3 Å². The van der Waals surface area contributed by atoms with E-state index in [-0.39, 0.29) is 13.1 Å². The fraction of sp³-hybridized carbons (Fsp3) is 0.188. The number of amides is 2. The van der Waals surface area contributed by atoms with Crippen molar-refractivity contribution in [3.05, 3.63) is 59.9 Å². The Morgan fingerprint density at radius 1 is 1.00 bits per heavy atom. The summed E-state index contributed by atoms with van der Waals surface area (Å²) in [7, 11) is 1.59. The van der Waals surface area contributed by atoms with Crippen LogP contribution in [-0.4, -0.2) is 23.9 Å². The second-order valence-corrected chi connectivity index (χ2v) is 4.53. The van der Waals surface area contributed by atoms with Crippen LogP contribution in [0.3, 0.4) is 0 Å². The van der Waals surface area contributed by atoms with E-state index in [4.69, 9.17) is 4.74 Å². The third-order valence-corrected chi connectivity index (χ3v) is 2.97. The van der Waals surface area contributed by atoms with Crippen molar-refractivity contribution >= 4 is 11.8 Å². The highest BCUT2D eigenvalue weighted by molar-refractivity contribution is 6.35. The molecule has 114 valence electrons. The molecule has 1 aromatic carbocycles. The maximum Gasteiger partial charge on any atom is 0.309 e. The van der Waals surface area contributed by atoms with E-state index in [0.29, 0.717) is 5.69 Å². The van der Waals surface area contributed by atoms with Gasteiger partial charge < -0.3 is 15.4 Å². The zero-order valence-corrected chi connectivity index (χ0v) is 12.2. The summed E-state index contributed by atoms with van der Waals surface area (Å²) in [6.07, 6.45) is 1.63. The molecule has 0 aliphatic rings. The van der Waals surface area contributed by atoms with Crippen molar-refractivity contribution in [1.82, 2.24) is 15.6 Å². The van der Waals surface area contributed by atoms with Gasteiger partial charge in [-0.25, -0.2) is 0 Å². The first kappa shape index (κ1) is 15.5. The molecule has 22 heavy (non-hydrogen) atoms. The van der Waals surface area contributed by atoms with E-state index in [0.717, 1.165) is 11.3 Å². The molecular formula is C16H17N3O3. The number of pyridine rings is 1. The van der Waals surface area contributed by atoms with Crippen LogP contribution in [0.5, 0.6) is 5.75 Å². The molecular weight excluding hydrogens is 282 g/mol. The SMILES string of the molecule is COc1ccc(CNC(=O)C(=O)NCc2ccccn2)cc1. The lowest BCUT2D eigenvalue weighted by Crippen LogP contribution is -2.39. The number of nitrogens with one attached hydrogen (secondary N) is 2. The third kappa shape index (κ3) is 4.59. The van der Waals surface area contributed by atoms with E-state index in [1.165, 1.54) is 0 Å². The number of methoxy groups -OCH3 is 1. The largest absolute Gasteiger partial charge is 0.497 e. The molecule has 1 heterocycles. The molecule has 0 saturated heterocycles. The average molecular weight is 299 g/mol. The van der Waals surface area contributed by atoms with Gasteiger partial charge in [-0.15, -0.1) is 0 Å². The number of hydrogen-bond donors (Lipinski definition) is 2. The van der Waals surface area contributed by atoms with Crippen LogP contribution in [0.4, 0.5) is 0 Å². The van der Waals surface area contributed by atoms with Gasteiger partial charge in [-0.1, -0.05) is 18.2 Å². The molecule has 0 aliphatic heterocycles. The molecule has 6 nitrogen and oxygen atoms in total. The highest BCUT2D eigenvalue weighted by Gasteiger charge is 2.12. The number of ether oxygens (including phenoxy) is 1. The third-order valence-electron chi connectivity index (χ3n) is 2.97. The molecule has 2 rings (SSSR count). The van der Waals surface area contributed by atoms with E-state index in [2.05, 4.69) is 15.6 Å². The van der Waals surface area contributed by atoms with Gasteiger partial charge in [0, 0.05) is 12.7 Å². The second-order valence-electron chi connectivity index (χ2n) is 4.53. The Bertz CT molecular complexity index is 627. The highest BCUT2D eigenvalue weighted by Crippen LogP contribution is 2.10. The van der Waals surface area contributed by atoms with Gasteiger partial charge in [0.1, 0.15) is 5.75 Å². The molecule has 0 spiro atoms. The molecule has 0 unspecified atom stereocenters. The fourth-order valence-electron chi connectivity index (χ4n) is 1.76. The Kier molecular flexibility index (Phi) is 5.48. The van der Waals surface area contributed by atoms with Crippen molar-refractivity contribution in [3.63, 3.8) is 0 Å². The fourth-order valence-corrected chi connectivity index (χ4v) is 1.76. The van der Waals surface area contributed by atoms with Crippen molar-refractivity contribution in [2.45, 2.75) is 13.1 Å². The Hall–Kier alpha value is -2.89. The summed E-state index contributed by atoms with van der Waals surface area (Å²) in [4.78, 5) is 27.4. The molecule has 6 heteroatoms. The number of nitrogens with zero attached hydrogens (tertiary/aromatic N) is 1. The summed E-state index contributed by atoms with van der Waals surface area (Å²) < 4.78 is 5.05. The van der Waals surface area contributed by atoms with Crippen molar-refractivity contribution in [1.29, 1.82) is 0 Å². The summed E-state index contributed by atoms with van der Waals surface area (Å²) in [6, 6.07) is 12.6. The molecule has 0 saturated carbocycles. The molecule has 2 N–H and O–H groups in total. The van der Waals surface area contributed by atoms with Crippen molar-refractivity contribution in [2.75, 3.05) is 7.11 Å². The second kappa shape index (κ2) is 7.78.